The second-order valence-electron chi connectivity index (χ2n) is 9.81. The standard InChI is InChI=1S/C26H32ClN7O2/c1-16(25(35)34(2)21-14-36-15-21)19-12-30-26(31-13-19)29-11-17-3-6-20(7-4-17)32-22-8-5-18-9-10-28-24(27)23(18)33-22/h5,8-10,12-13,16-17,20-21H,3-4,6-7,11,14-15H2,1-2H3,(H,32,33)(H,29,30,31)/t16-,17-,20-/m1/s1. The monoisotopic (exact) mass is 509 g/mol. The molecule has 1 amide bonds. The Bertz CT molecular complexity index is 1200. The summed E-state index contributed by atoms with van der Waals surface area (Å²) in [4.78, 5) is 32.2. The number of amides is 1. The Morgan fingerprint density at radius 3 is 2.58 bits per heavy atom. The van der Waals surface area contributed by atoms with Crippen molar-refractivity contribution >= 4 is 40.2 Å². The smallest absolute Gasteiger partial charge is 0.230 e. The molecule has 36 heavy (non-hydrogen) atoms. The van der Waals surface area contributed by atoms with Gasteiger partial charge in [0.15, 0.2) is 5.15 Å². The maximum absolute atomic E-state index is 12.7. The van der Waals surface area contributed by atoms with Gasteiger partial charge in [0.25, 0.3) is 0 Å². The molecule has 1 aliphatic heterocycles. The van der Waals surface area contributed by atoms with E-state index in [9.17, 15) is 4.79 Å². The minimum absolute atomic E-state index is 0.0663. The van der Waals surface area contributed by atoms with Crippen molar-refractivity contribution in [2.75, 3.05) is 37.4 Å². The van der Waals surface area contributed by atoms with Gasteiger partial charge in [0.1, 0.15) is 11.3 Å². The molecule has 2 fully saturated rings. The van der Waals surface area contributed by atoms with Gasteiger partial charge in [0.05, 0.1) is 25.2 Å². The van der Waals surface area contributed by atoms with Crippen molar-refractivity contribution in [3.8, 4) is 0 Å². The maximum Gasteiger partial charge on any atom is 0.230 e. The van der Waals surface area contributed by atoms with Crippen LogP contribution in [0.5, 0.6) is 0 Å². The van der Waals surface area contributed by atoms with Crippen LogP contribution in [0.15, 0.2) is 36.8 Å². The summed E-state index contributed by atoms with van der Waals surface area (Å²) in [6, 6.07) is 6.50. The number of hydrogen-bond donors (Lipinski definition) is 2. The summed E-state index contributed by atoms with van der Waals surface area (Å²) < 4.78 is 5.20. The number of nitrogens with one attached hydrogen (secondary N) is 2. The summed E-state index contributed by atoms with van der Waals surface area (Å²) in [5.74, 6) is 1.79. The van der Waals surface area contributed by atoms with Gasteiger partial charge in [-0.1, -0.05) is 11.6 Å². The fraction of sp³-hybridized carbons (Fsp3) is 0.500. The Morgan fingerprint density at radius 2 is 1.89 bits per heavy atom. The van der Waals surface area contributed by atoms with Gasteiger partial charge >= 0.3 is 0 Å². The molecule has 1 saturated heterocycles. The molecule has 2 aliphatic rings. The zero-order chi connectivity index (χ0) is 25.1. The third-order valence-corrected chi connectivity index (χ3v) is 7.65. The highest BCUT2D eigenvalue weighted by molar-refractivity contribution is 6.33. The maximum atomic E-state index is 12.7. The topological polar surface area (TPSA) is 105 Å². The lowest BCUT2D eigenvalue weighted by molar-refractivity contribution is -0.142. The molecular formula is C26H32ClN7O2. The van der Waals surface area contributed by atoms with Crippen LogP contribution >= 0.6 is 11.6 Å². The number of ether oxygens (including phenoxy) is 1. The molecule has 2 N–H and O–H groups in total. The van der Waals surface area contributed by atoms with Crippen LogP contribution in [0.2, 0.25) is 5.15 Å². The summed E-state index contributed by atoms with van der Waals surface area (Å²) in [6.45, 7) is 3.95. The molecule has 5 rings (SSSR count). The van der Waals surface area contributed by atoms with Crippen molar-refractivity contribution in [1.82, 2.24) is 24.8 Å². The second kappa shape index (κ2) is 10.9. The normalized spacial score (nSPS) is 21.0. The first-order valence-electron chi connectivity index (χ1n) is 12.6. The Hall–Kier alpha value is -3.04. The molecule has 0 aromatic carbocycles. The van der Waals surface area contributed by atoms with Gasteiger partial charge in [-0.05, 0) is 56.7 Å². The Kier molecular flexibility index (Phi) is 7.48. The van der Waals surface area contributed by atoms with Crippen molar-refractivity contribution in [3.05, 3.63) is 47.5 Å². The molecule has 1 aliphatic carbocycles. The highest BCUT2D eigenvalue weighted by Crippen LogP contribution is 2.28. The van der Waals surface area contributed by atoms with Crippen LogP contribution in [0.25, 0.3) is 10.9 Å². The van der Waals surface area contributed by atoms with E-state index in [1.807, 2.05) is 32.2 Å². The number of fused-ring (bicyclic) bond motifs is 1. The second-order valence-corrected chi connectivity index (χ2v) is 10.2. The minimum atomic E-state index is -0.281. The minimum Gasteiger partial charge on any atom is -0.377 e. The van der Waals surface area contributed by atoms with E-state index < -0.39 is 0 Å². The van der Waals surface area contributed by atoms with Crippen molar-refractivity contribution in [1.29, 1.82) is 0 Å². The number of aromatic nitrogens is 4. The van der Waals surface area contributed by atoms with E-state index in [1.54, 1.807) is 23.5 Å². The lowest BCUT2D eigenvalue weighted by Crippen LogP contribution is -2.50. The number of likely N-dealkylation sites (N-methyl/N-ethyl adjacent to an activating group) is 1. The van der Waals surface area contributed by atoms with Crippen LogP contribution in [-0.4, -0.2) is 69.6 Å². The van der Waals surface area contributed by atoms with E-state index in [-0.39, 0.29) is 17.9 Å². The van der Waals surface area contributed by atoms with Crippen LogP contribution in [-0.2, 0) is 9.53 Å². The average molecular weight is 510 g/mol. The molecule has 1 saturated carbocycles. The third kappa shape index (κ3) is 5.52. The van der Waals surface area contributed by atoms with Crippen LogP contribution in [0.1, 0.15) is 44.1 Å². The fourth-order valence-electron chi connectivity index (χ4n) is 4.78. The predicted octanol–water partition coefficient (Wildman–Crippen LogP) is 4.12. The summed E-state index contributed by atoms with van der Waals surface area (Å²) >= 11 is 6.21. The zero-order valence-corrected chi connectivity index (χ0v) is 21.4. The lowest BCUT2D eigenvalue weighted by atomic mass is 9.86. The number of halogens is 1. The molecule has 1 atom stereocenters. The number of carbonyl (C=O) groups is 1. The molecule has 0 unspecified atom stereocenters. The molecule has 190 valence electrons. The molecule has 9 nitrogen and oxygen atoms in total. The van der Waals surface area contributed by atoms with Gasteiger partial charge in [0.2, 0.25) is 11.9 Å². The number of pyridine rings is 2. The number of nitrogens with zero attached hydrogens (tertiary/aromatic N) is 5. The van der Waals surface area contributed by atoms with E-state index in [0.717, 1.165) is 54.5 Å². The summed E-state index contributed by atoms with van der Waals surface area (Å²) in [5.41, 5.74) is 1.55. The van der Waals surface area contributed by atoms with Crippen molar-refractivity contribution in [3.63, 3.8) is 0 Å². The average Bonchev–Trinajstić information content (AvgIpc) is 2.87. The summed E-state index contributed by atoms with van der Waals surface area (Å²) in [5, 5.41) is 8.35. The molecule has 4 heterocycles. The lowest BCUT2D eigenvalue weighted by Gasteiger charge is -2.35. The number of rotatable bonds is 8. The molecule has 10 heteroatoms. The fourth-order valence-corrected chi connectivity index (χ4v) is 4.99. The van der Waals surface area contributed by atoms with Gasteiger partial charge in [-0.3, -0.25) is 4.79 Å². The zero-order valence-electron chi connectivity index (χ0n) is 20.7. The van der Waals surface area contributed by atoms with Gasteiger partial charge in [-0.25, -0.2) is 19.9 Å². The predicted molar refractivity (Wildman–Crippen MR) is 140 cm³/mol. The van der Waals surface area contributed by atoms with E-state index in [4.69, 9.17) is 16.3 Å². The highest BCUT2D eigenvalue weighted by atomic mass is 35.5. The van der Waals surface area contributed by atoms with Crippen molar-refractivity contribution in [2.45, 2.75) is 50.6 Å². The third-order valence-electron chi connectivity index (χ3n) is 7.37. The first kappa shape index (κ1) is 24.6. The van der Waals surface area contributed by atoms with Crippen molar-refractivity contribution in [2.24, 2.45) is 5.92 Å². The quantitative estimate of drug-likeness (QED) is 0.437. The largest absolute Gasteiger partial charge is 0.377 e. The van der Waals surface area contributed by atoms with E-state index in [2.05, 4.69) is 30.6 Å². The van der Waals surface area contributed by atoms with Crippen LogP contribution in [0, 0.1) is 5.92 Å². The molecule has 3 aromatic rings. The molecule has 0 bridgehead atoms. The molecule has 0 radical (unpaired) electrons. The van der Waals surface area contributed by atoms with Gasteiger partial charge in [-0.15, -0.1) is 0 Å². The van der Waals surface area contributed by atoms with Gasteiger partial charge in [-0.2, -0.15) is 0 Å². The van der Waals surface area contributed by atoms with Crippen LogP contribution in [0.4, 0.5) is 11.8 Å². The highest BCUT2D eigenvalue weighted by Gasteiger charge is 2.30. The number of carbonyl (C=O) groups excluding carboxylic acids is 1. The molecule has 0 spiro atoms. The summed E-state index contributed by atoms with van der Waals surface area (Å²) in [7, 11) is 1.83. The Balaban J connectivity index is 1.07. The van der Waals surface area contributed by atoms with Gasteiger partial charge in [0, 0.05) is 49.2 Å². The van der Waals surface area contributed by atoms with Gasteiger partial charge < -0.3 is 20.3 Å². The van der Waals surface area contributed by atoms with Crippen LogP contribution < -0.4 is 10.6 Å². The Labute approximate surface area is 216 Å². The summed E-state index contributed by atoms with van der Waals surface area (Å²) in [6.07, 6.45) is 9.58. The van der Waals surface area contributed by atoms with E-state index >= 15 is 0 Å². The number of hydrogen-bond acceptors (Lipinski definition) is 8. The Morgan fingerprint density at radius 1 is 1.14 bits per heavy atom. The van der Waals surface area contributed by atoms with E-state index in [1.165, 1.54) is 0 Å². The van der Waals surface area contributed by atoms with Crippen molar-refractivity contribution < 1.29 is 9.53 Å². The first-order valence-corrected chi connectivity index (χ1v) is 12.9. The molecule has 3 aromatic heterocycles. The van der Waals surface area contributed by atoms with Crippen LogP contribution in [0.3, 0.4) is 0 Å². The van der Waals surface area contributed by atoms with E-state index in [0.29, 0.717) is 36.3 Å². The molecular weight excluding hydrogens is 478 g/mol. The first-order chi connectivity index (χ1) is 17.5. The number of anilines is 2. The SMILES string of the molecule is C[C@@H](C(=O)N(C)C1COC1)c1cnc(NC[C@H]2CC[C@H](Nc3ccc4ccnc(Cl)c4n3)CC2)nc1.